The van der Waals surface area contributed by atoms with E-state index in [0.717, 1.165) is 19.3 Å². The van der Waals surface area contributed by atoms with E-state index in [-0.39, 0.29) is 35.6 Å². The molecule has 5 aromatic carbocycles. The van der Waals surface area contributed by atoms with Gasteiger partial charge in [-0.05, 0) is 28.4 Å². The van der Waals surface area contributed by atoms with Crippen molar-refractivity contribution in [1.29, 1.82) is 0 Å². The molecule has 0 saturated heterocycles. The van der Waals surface area contributed by atoms with Crippen molar-refractivity contribution in [2.45, 2.75) is 85.5 Å². The molecule has 0 atom stereocenters. The topological polar surface area (TPSA) is 0 Å². The second-order valence-corrected chi connectivity index (χ2v) is 15.9. The minimum atomic E-state index is 0. The first-order valence-corrected chi connectivity index (χ1v) is 17.1. The Labute approximate surface area is 306 Å². The molecular formula is C43H48Cl2Zr-2. The number of fused-ring (bicyclic) bond motifs is 3. The van der Waals surface area contributed by atoms with Crippen molar-refractivity contribution in [1.82, 2.24) is 0 Å². The number of hydrogen-bond donors (Lipinski definition) is 0. The number of benzene rings is 4. The van der Waals surface area contributed by atoms with E-state index in [1.54, 1.807) is 27.4 Å². The average molecular weight is 727 g/mol. The summed E-state index contributed by atoms with van der Waals surface area (Å²) in [7, 11) is 0. The fourth-order valence-corrected chi connectivity index (χ4v) is 6.50. The first-order valence-electron chi connectivity index (χ1n) is 15.8. The van der Waals surface area contributed by atoms with Crippen LogP contribution >= 0.6 is 0 Å². The summed E-state index contributed by atoms with van der Waals surface area (Å²) in [5, 5.41) is 0. The molecule has 240 valence electrons. The zero-order chi connectivity index (χ0) is 31.9. The second-order valence-electron chi connectivity index (χ2n) is 14.2. The van der Waals surface area contributed by atoms with E-state index < -0.39 is 0 Å². The Hall–Kier alpha value is -2.44. The average Bonchev–Trinajstić information content (AvgIpc) is 3.54. The fraction of sp³-hybridized carbons (Fsp3) is 0.302. The SMILES string of the molecule is CC(C)(C)c1[c-]c2c(cc1)-c1ccc(C(C)(C)C)cc1C2.Cc1c[cH-]c(C)c1.[Cl-].[Cl-].[Zr+2]=[C](Cc1ccccc1)Cc1ccccc1. The maximum absolute atomic E-state index is 3.67. The molecular weight excluding hydrogens is 679 g/mol. The van der Waals surface area contributed by atoms with E-state index in [0.29, 0.717) is 0 Å². The monoisotopic (exact) mass is 724 g/mol. The second kappa shape index (κ2) is 17.6. The standard InChI is InChI=1S/C21H25.C15H14.C7H9.2ClH.Zr/c1-20(2,3)16-7-9-18-14(12-16)11-15-13-17(21(4,5)6)8-10-19(15)18;1-3-8-14(9-4-1)12-7-13-15-10-5-2-6-11-15;1-6-3-4-7(2)5-6;;;/h7-10,12H,11H2,1-6H3;1-6,8-11H,12-13H2;3-5H,1-2H3;2*1H;/q-1;;-1;;;+2/p-2. The van der Waals surface area contributed by atoms with Gasteiger partial charge in [-0.3, -0.25) is 0 Å². The molecule has 0 radical (unpaired) electrons. The third kappa shape index (κ3) is 11.7. The predicted octanol–water partition coefficient (Wildman–Crippen LogP) is 4.87. The van der Waals surface area contributed by atoms with Gasteiger partial charge in [0.05, 0.1) is 0 Å². The summed E-state index contributed by atoms with van der Waals surface area (Å²) in [6.45, 7) is 17.8. The third-order valence-electron chi connectivity index (χ3n) is 8.05. The molecule has 6 rings (SSSR count). The van der Waals surface area contributed by atoms with Gasteiger partial charge < -0.3 is 24.8 Å². The van der Waals surface area contributed by atoms with Crippen LogP contribution in [0.15, 0.2) is 109 Å². The first-order chi connectivity index (χ1) is 20.8. The van der Waals surface area contributed by atoms with Gasteiger partial charge in [-0.2, -0.15) is 41.5 Å². The van der Waals surface area contributed by atoms with Crippen molar-refractivity contribution in [2.24, 2.45) is 0 Å². The van der Waals surface area contributed by atoms with Gasteiger partial charge in [-0.1, -0.05) is 79.2 Å². The van der Waals surface area contributed by atoms with Crippen molar-refractivity contribution < 1.29 is 49.0 Å². The van der Waals surface area contributed by atoms with Gasteiger partial charge in [0.15, 0.2) is 0 Å². The minimum absolute atomic E-state index is 0. The van der Waals surface area contributed by atoms with Crippen molar-refractivity contribution in [3.8, 4) is 11.1 Å². The van der Waals surface area contributed by atoms with Crippen LogP contribution < -0.4 is 24.8 Å². The van der Waals surface area contributed by atoms with Crippen molar-refractivity contribution in [2.75, 3.05) is 0 Å². The molecule has 0 aliphatic heterocycles. The van der Waals surface area contributed by atoms with Gasteiger partial charge >= 0.3 is 112 Å². The summed E-state index contributed by atoms with van der Waals surface area (Å²) in [5.74, 6) is 0. The number of halogens is 2. The molecule has 0 bridgehead atoms. The molecule has 3 heteroatoms. The van der Waals surface area contributed by atoms with Gasteiger partial charge in [0.2, 0.25) is 0 Å². The summed E-state index contributed by atoms with van der Waals surface area (Å²) < 4.78 is 1.60. The molecule has 0 N–H and O–H groups in total. The number of rotatable bonds is 4. The van der Waals surface area contributed by atoms with Crippen molar-refractivity contribution in [3.05, 3.63) is 160 Å². The Balaban J connectivity index is 0.000000261. The van der Waals surface area contributed by atoms with Gasteiger partial charge in [0, 0.05) is 0 Å². The molecule has 0 heterocycles. The van der Waals surface area contributed by atoms with E-state index in [4.69, 9.17) is 0 Å². The molecule has 46 heavy (non-hydrogen) atoms. The zero-order valence-corrected chi connectivity index (χ0v) is 32.7. The van der Waals surface area contributed by atoms with E-state index >= 15 is 0 Å². The predicted molar refractivity (Wildman–Crippen MR) is 188 cm³/mol. The zero-order valence-electron chi connectivity index (χ0n) is 28.8. The summed E-state index contributed by atoms with van der Waals surface area (Å²) in [6, 6.07) is 43.0. The number of aryl methyl sites for hydroxylation is 2. The quantitative estimate of drug-likeness (QED) is 0.228. The Bertz CT molecular complexity index is 1540. The van der Waals surface area contributed by atoms with Crippen LogP contribution in [0.4, 0.5) is 0 Å². The van der Waals surface area contributed by atoms with Gasteiger partial charge in [-0.25, -0.2) is 11.6 Å². The maximum atomic E-state index is 3.67. The van der Waals surface area contributed by atoms with Crippen LogP contribution in [0.1, 0.15) is 86.1 Å². The molecule has 0 fully saturated rings. The van der Waals surface area contributed by atoms with Crippen molar-refractivity contribution in [3.63, 3.8) is 0 Å². The van der Waals surface area contributed by atoms with E-state index in [1.807, 2.05) is 0 Å². The number of hydrogen-bond acceptors (Lipinski definition) is 0. The van der Waals surface area contributed by atoms with Gasteiger partial charge in [-0.15, -0.1) is 11.1 Å². The van der Waals surface area contributed by atoms with Crippen LogP contribution in [-0.4, -0.2) is 3.21 Å². The van der Waals surface area contributed by atoms with Crippen LogP contribution in [-0.2, 0) is 54.3 Å². The van der Waals surface area contributed by atoms with Crippen LogP contribution in [0.2, 0.25) is 0 Å². The van der Waals surface area contributed by atoms with Crippen LogP contribution in [0.5, 0.6) is 0 Å². The van der Waals surface area contributed by atoms with Gasteiger partial charge in [0.25, 0.3) is 0 Å². The summed E-state index contributed by atoms with van der Waals surface area (Å²) in [5.41, 5.74) is 14.3. The van der Waals surface area contributed by atoms with Crippen LogP contribution in [0.3, 0.4) is 0 Å². The summed E-state index contributed by atoms with van der Waals surface area (Å²) >= 11 is 1.55. The van der Waals surface area contributed by atoms with E-state index in [9.17, 15) is 0 Å². The normalized spacial score (nSPS) is 11.3. The third-order valence-corrected chi connectivity index (χ3v) is 8.92. The Morgan fingerprint density at radius 3 is 1.67 bits per heavy atom. The molecule has 0 unspecified atom stereocenters. The molecule has 5 aromatic rings. The van der Waals surface area contributed by atoms with E-state index in [1.165, 1.54) is 55.6 Å². The summed E-state index contributed by atoms with van der Waals surface area (Å²) in [6.07, 6.45) is 3.26. The van der Waals surface area contributed by atoms with E-state index in [2.05, 4.69) is 171 Å². The molecule has 0 spiro atoms. The Morgan fingerprint density at radius 1 is 0.696 bits per heavy atom. The molecule has 1 aliphatic carbocycles. The molecule has 0 saturated carbocycles. The van der Waals surface area contributed by atoms with Crippen molar-refractivity contribution >= 4 is 3.21 Å². The van der Waals surface area contributed by atoms with Gasteiger partial charge in [0.1, 0.15) is 0 Å². The molecule has 0 nitrogen and oxygen atoms in total. The molecule has 0 aromatic heterocycles. The Kier molecular flexibility index (Phi) is 15.2. The fourth-order valence-electron chi connectivity index (χ4n) is 5.49. The Morgan fingerprint density at radius 2 is 1.24 bits per heavy atom. The molecule has 0 amide bonds. The first kappa shape index (κ1) is 39.7. The summed E-state index contributed by atoms with van der Waals surface area (Å²) in [4.78, 5) is 0. The molecule has 1 aliphatic rings. The van der Waals surface area contributed by atoms with Crippen LogP contribution in [0, 0.1) is 19.9 Å². The van der Waals surface area contributed by atoms with Crippen LogP contribution in [0.25, 0.3) is 11.1 Å².